The molecule has 4 aromatic rings. The maximum Gasteiger partial charge on any atom is 0.271 e. The van der Waals surface area contributed by atoms with E-state index in [9.17, 15) is 14.9 Å². The third-order valence-corrected chi connectivity index (χ3v) is 4.99. The molecule has 0 saturated heterocycles. The summed E-state index contributed by atoms with van der Waals surface area (Å²) >= 11 is 0. The minimum absolute atomic E-state index is 0.108. The molecule has 4 rings (SSSR count). The number of rotatable bonds is 6. The van der Waals surface area contributed by atoms with Crippen molar-refractivity contribution in [1.82, 2.24) is 14.5 Å². The van der Waals surface area contributed by atoms with Crippen LogP contribution in [0, 0.1) is 10.1 Å². The smallest absolute Gasteiger partial charge is 0.271 e. The average Bonchev–Trinajstić information content (AvgIpc) is 2.81. The van der Waals surface area contributed by atoms with Gasteiger partial charge in [0.25, 0.3) is 11.2 Å². The van der Waals surface area contributed by atoms with Gasteiger partial charge in [-0.1, -0.05) is 18.2 Å². The molecule has 162 valence electrons. The van der Waals surface area contributed by atoms with Gasteiger partial charge in [-0.2, -0.15) is 4.98 Å². The second-order valence-corrected chi connectivity index (χ2v) is 6.86. The lowest BCUT2D eigenvalue weighted by Crippen LogP contribution is -2.20. The number of pyridine rings is 1. The molecule has 0 fully saturated rings. The Balaban J connectivity index is 1.80. The first kappa shape index (κ1) is 20.8. The summed E-state index contributed by atoms with van der Waals surface area (Å²) in [4.78, 5) is 32.4. The molecule has 0 aliphatic rings. The maximum absolute atomic E-state index is 13.1. The Bertz CT molecular complexity index is 1400. The molecule has 1 N–H and O–H groups in total. The van der Waals surface area contributed by atoms with Crippen LogP contribution in [0.3, 0.4) is 0 Å². The predicted octanol–water partition coefficient (Wildman–Crippen LogP) is 3.66. The zero-order valence-electron chi connectivity index (χ0n) is 17.5. The first-order chi connectivity index (χ1) is 15.4. The highest BCUT2D eigenvalue weighted by molar-refractivity contribution is 5.83. The summed E-state index contributed by atoms with van der Waals surface area (Å²) < 4.78 is 12.1. The van der Waals surface area contributed by atoms with Crippen LogP contribution in [-0.4, -0.2) is 33.7 Å². The molecule has 0 spiro atoms. The molecule has 0 saturated carbocycles. The van der Waals surface area contributed by atoms with Gasteiger partial charge >= 0.3 is 0 Å². The zero-order valence-corrected chi connectivity index (χ0v) is 17.5. The lowest BCUT2D eigenvalue weighted by Gasteiger charge is -2.13. The number of nitro groups is 1. The van der Waals surface area contributed by atoms with Gasteiger partial charge in [0.2, 0.25) is 5.95 Å². The molecule has 0 aliphatic heterocycles. The average molecular weight is 433 g/mol. The topological polar surface area (TPSA) is 121 Å². The summed E-state index contributed by atoms with van der Waals surface area (Å²) in [5, 5.41) is 14.7. The predicted molar refractivity (Wildman–Crippen MR) is 120 cm³/mol. The number of methoxy groups -OCH3 is 2. The fraction of sp³-hybridized carbons (Fsp3) is 0.136. The second-order valence-electron chi connectivity index (χ2n) is 6.86. The van der Waals surface area contributed by atoms with Gasteiger partial charge in [-0.25, -0.2) is 4.98 Å². The van der Waals surface area contributed by atoms with E-state index in [1.165, 1.54) is 29.9 Å². The van der Waals surface area contributed by atoms with Gasteiger partial charge in [0.15, 0.2) is 0 Å². The number of nitrogens with zero attached hydrogens (tertiary/aromatic N) is 4. The first-order valence-corrected chi connectivity index (χ1v) is 9.52. The summed E-state index contributed by atoms with van der Waals surface area (Å²) in [6.07, 6.45) is 1.58. The highest BCUT2D eigenvalue weighted by Gasteiger charge is 2.16. The van der Waals surface area contributed by atoms with Gasteiger partial charge in [0, 0.05) is 36.3 Å². The Hall–Kier alpha value is -4.47. The minimum Gasteiger partial charge on any atom is -0.496 e. The summed E-state index contributed by atoms with van der Waals surface area (Å²) in [6.45, 7) is 0. The molecule has 2 aromatic heterocycles. The number of hydrogen-bond donors (Lipinski definition) is 1. The second kappa shape index (κ2) is 8.34. The van der Waals surface area contributed by atoms with Crippen molar-refractivity contribution in [2.24, 2.45) is 7.05 Å². The molecule has 0 unspecified atom stereocenters. The SMILES string of the molecule is COc1ccc([N+](=O)[O-])cc1Nc1ncc2cc(-c3ccccc3OC)c(=O)n(C)c2n1. The van der Waals surface area contributed by atoms with Crippen LogP contribution >= 0.6 is 0 Å². The van der Waals surface area contributed by atoms with Gasteiger partial charge in [-0.15, -0.1) is 0 Å². The number of aryl methyl sites for hydroxylation is 1. The van der Waals surface area contributed by atoms with Crippen LogP contribution in [0.1, 0.15) is 0 Å². The molecule has 0 aliphatic carbocycles. The van der Waals surface area contributed by atoms with Crippen LogP contribution in [0.15, 0.2) is 59.5 Å². The van der Waals surface area contributed by atoms with Crippen LogP contribution in [0.2, 0.25) is 0 Å². The van der Waals surface area contributed by atoms with E-state index in [0.717, 1.165) is 0 Å². The Kier molecular flexibility index (Phi) is 5.42. The van der Waals surface area contributed by atoms with Crippen LogP contribution < -0.4 is 20.3 Å². The van der Waals surface area contributed by atoms with Crippen LogP contribution in [0.25, 0.3) is 22.2 Å². The third-order valence-electron chi connectivity index (χ3n) is 4.99. The van der Waals surface area contributed by atoms with E-state index in [1.807, 2.05) is 18.2 Å². The van der Waals surface area contributed by atoms with E-state index < -0.39 is 4.92 Å². The van der Waals surface area contributed by atoms with Gasteiger partial charge < -0.3 is 14.8 Å². The lowest BCUT2D eigenvalue weighted by molar-refractivity contribution is -0.384. The van der Waals surface area contributed by atoms with Crippen molar-refractivity contribution < 1.29 is 14.4 Å². The van der Waals surface area contributed by atoms with Crippen molar-refractivity contribution in [2.75, 3.05) is 19.5 Å². The van der Waals surface area contributed by atoms with Crippen LogP contribution in [0.4, 0.5) is 17.3 Å². The number of benzene rings is 2. The summed E-state index contributed by atoms with van der Waals surface area (Å²) in [5.41, 5.74) is 1.50. The Labute approximate surface area is 182 Å². The number of para-hydroxylation sites is 1. The molecule has 2 heterocycles. The fourth-order valence-electron chi connectivity index (χ4n) is 3.39. The molecule has 0 atom stereocenters. The minimum atomic E-state index is -0.505. The maximum atomic E-state index is 13.1. The van der Waals surface area contributed by atoms with E-state index >= 15 is 0 Å². The molecule has 32 heavy (non-hydrogen) atoms. The number of nitrogens with one attached hydrogen (secondary N) is 1. The number of nitro benzene ring substituents is 1. The molecule has 10 nitrogen and oxygen atoms in total. The zero-order chi connectivity index (χ0) is 22.8. The van der Waals surface area contributed by atoms with E-state index in [2.05, 4.69) is 15.3 Å². The van der Waals surface area contributed by atoms with E-state index in [1.54, 1.807) is 32.5 Å². The van der Waals surface area contributed by atoms with E-state index in [-0.39, 0.29) is 17.2 Å². The molecule has 2 aromatic carbocycles. The Morgan fingerprint density at radius 1 is 1.03 bits per heavy atom. The van der Waals surface area contributed by atoms with Crippen molar-refractivity contribution in [3.05, 3.63) is 75.2 Å². The highest BCUT2D eigenvalue weighted by Crippen LogP contribution is 2.32. The number of non-ortho nitro benzene ring substituents is 1. The summed E-state index contributed by atoms with van der Waals surface area (Å²) in [7, 11) is 4.62. The molecular formula is C22H19N5O5. The highest BCUT2D eigenvalue weighted by atomic mass is 16.6. The molecule has 10 heteroatoms. The van der Waals surface area contributed by atoms with Crippen molar-refractivity contribution in [3.8, 4) is 22.6 Å². The first-order valence-electron chi connectivity index (χ1n) is 9.52. The third kappa shape index (κ3) is 3.69. The van der Waals surface area contributed by atoms with Gasteiger partial charge in [-0.05, 0) is 18.2 Å². The Morgan fingerprint density at radius 2 is 1.78 bits per heavy atom. The standard InChI is InChI=1S/C22H19N5O5/c1-26-20-13(10-16(21(26)28)15-6-4-5-7-18(15)31-2)12-23-22(25-20)24-17-11-14(27(29)30)8-9-19(17)32-3/h4-12H,1-3H3,(H,23,24,25). The lowest BCUT2D eigenvalue weighted by atomic mass is 10.1. The molecule has 0 amide bonds. The van der Waals surface area contributed by atoms with Crippen molar-refractivity contribution in [2.45, 2.75) is 0 Å². The molecule has 0 radical (unpaired) electrons. The molecule has 0 bridgehead atoms. The van der Waals surface area contributed by atoms with E-state index in [0.29, 0.717) is 39.3 Å². The van der Waals surface area contributed by atoms with Crippen LogP contribution in [-0.2, 0) is 7.05 Å². The van der Waals surface area contributed by atoms with Crippen LogP contribution in [0.5, 0.6) is 11.5 Å². The quantitative estimate of drug-likeness (QED) is 0.361. The number of anilines is 2. The monoisotopic (exact) mass is 433 g/mol. The number of aromatic nitrogens is 3. The molecular weight excluding hydrogens is 414 g/mol. The number of fused-ring (bicyclic) bond motifs is 1. The van der Waals surface area contributed by atoms with Gasteiger partial charge in [-0.3, -0.25) is 19.5 Å². The largest absolute Gasteiger partial charge is 0.496 e. The number of ether oxygens (including phenoxy) is 2. The van der Waals surface area contributed by atoms with Crippen molar-refractivity contribution in [3.63, 3.8) is 0 Å². The fourth-order valence-corrected chi connectivity index (χ4v) is 3.39. The van der Waals surface area contributed by atoms with Crippen molar-refractivity contribution >= 4 is 28.4 Å². The van der Waals surface area contributed by atoms with Gasteiger partial charge in [0.1, 0.15) is 17.1 Å². The van der Waals surface area contributed by atoms with Crippen molar-refractivity contribution in [1.29, 1.82) is 0 Å². The van der Waals surface area contributed by atoms with Gasteiger partial charge in [0.05, 0.1) is 30.4 Å². The summed E-state index contributed by atoms with van der Waals surface area (Å²) in [5.74, 6) is 1.14. The normalized spacial score (nSPS) is 10.7. The summed E-state index contributed by atoms with van der Waals surface area (Å²) in [6, 6.07) is 13.1. The Morgan fingerprint density at radius 3 is 2.50 bits per heavy atom. The number of hydrogen-bond acceptors (Lipinski definition) is 8. The van der Waals surface area contributed by atoms with E-state index in [4.69, 9.17) is 9.47 Å².